The normalized spacial score (nSPS) is 26.7. The van der Waals surface area contributed by atoms with Crippen molar-refractivity contribution in [3.8, 4) is 0 Å². The first kappa shape index (κ1) is 12.5. The molecule has 19 heavy (non-hydrogen) atoms. The Morgan fingerprint density at radius 1 is 1.11 bits per heavy atom. The number of fused-ring (bicyclic) bond motifs is 1. The lowest BCUT2D eigenvalue weighted by Gasteiger charge is -2.19. The maximum Gasteiger partial charge on any atom is 0.237 e. The number of nitrogen functional groups attached to an aromatic ring is 1. The van der Waals surface area contributed by atoms with Crippen LogP contribution in [0.2, 0.25) is 5.02 Å². The highest BCUT2D eigenvalue weighted by Crippen LogP contribution is 2.41. The van der Waals surface area contributed by atoms with E-state index in [1.165, 1.54) is 4.90 Å². The summed E-state index contributed by atoms with van der Waals surface area (Å²) in [5.41, 5.74) is 6.71. The Labute approximate surface area is 116 Å². The fraction of sp³-hybridized carbons (Fsp3) is 0.429. The summed E-state index contributed by atoms with van der Waals surface area (Å²) in [6.07, 6.45) is 3.62. The SMILES string of the molecule is Nc1ccc(Cl)cc1N1C(=O)C2CCCCC2C1=O. The van der Waals surface area contributed by atoms with Gasteiger partial charge in [-0.25, -0.2) is 4.90 Å². The monoisotopic (exact) mass is 278 g/mol. The number of nitrogens with zero attached hydrogens (tertiary/aromatic N) is 1. The number of rotatable bonds is 1. The molecule has 3 rings (SSSR count). The molecule has 1 saturated carbocycles. The standard InChI is InChI=1S/C14H15ClN2O2/c15-8-5-6-11(16)12(7-8)17-13(18)9-3-1-2-4-10(9)14(17)19/h5-7,9-10H,1-4,16H2. The molecular formula is C14H15ClN2O2. The van der Waals surface area contributed by atoms with Gasteiger partial charge in [-0.2, -0.15) is 0 Å². The average molecular weight is 279 g/mol. The zero-order valence-electron chi connectivity index (χ0n) is 10.4. The summed E-state index contributed by atoms with van der Waals surface area (Å²) >= 11 is 5.94. The minimum absolute atomic E-state index is 0.122. The van der Waals surface area contributed by atoms with Crippen LogP contribution in [0.1, 0.15) is 25.7 Å². The summed E-state index contributed by atoms with van der Waals surface area (Å²) < 4.78 is 0. The third-order valence-electron chi connectivity index (χ3n) is 4.07. The van der Waals surface area contributed by atoms with Crippen LogP contribution in [0.3, 0.4) is 0 Å². The molecule has 4 nitrogen and oxygen atoms in total. The number of amides is 2. The topological polar surface area (TPSA) is 63.4 Å². The van der Waals surface area contributed by atoms with Crippen LogP contribution in [0.25, 0.3) is 0 Å². The number of carbonyl (C=O) groups excluding carboxylic acids is 2. The van der Waals surface area contributed by atoms with Crippen molar-refractivity contribution in [3.05, 3.63) is 23.2 Å². The van der Waals surface area contributed by atoms with Crippen molar-refractivity contribution in [2.24, 2.45) is 11.8 Å². The van der Waals surface area contributed by atoms with Gasteiger partial charge in [0.25, 0.3) is 0 Å². The van der Waals surface area contributed by atoms with Crippen molar-refractivity contribution < 1.29 is 9.59 Å². The Kier molecular flexibility index (Phi) is 2.97. The van der Waals surface area contributed by atoms with Crippen LogP contribution in [0, 0.1) is 11.8 Å². The van der Waals surface area contributed by atoms with Gasteiger partial charge >= 0.3 is 0 Å². The van der Waals surface area contributed by atoms with E-state index in [1.54, 1.807) is 18.2 Å². The summed E-state index contributed by atoms with van der Waals surface area (Å²) in [6.45, 7) is 0. The maximum atomic E-state index is 12.4. The summed E-state index contributed by atoms with van der Waals surface area (Å²) in [7, 11) is 0. The molecule has 5 heteroatoms. The van der Waals surface area contributed by atoms with E-state index >= 15 is 0 Å². The van der Waals surface area contributed by atoms with Crippen LogP contribution < -0.4 is 10.6 Å². The van der Waals surface area contributed by atoms with Crippen molar-refractivity contribution in [2.75, 3.05) is 10.6 Å². The number of anilines is 2. The van der Waals surface area contributed by atoms with E-state index in [2.05, 4.69) is 0 Å². The quantitative estimate of drug-likeness (QED) is 0.634. The van der Waals surface area contributed by atoms with E-state index in [9.17, 15) is 9.59 Å². The molecule has 0 aromatic heterocycles. The van der Waals surface area contributed by atoms with Crippen molar-refractivity contribution >= 4 is 34.8 Å². The predicted molar refractivity (Wildman–Crippen MR) is 73.8 cm³/mol. The molecule has 0 bridgehead atoms. The van der Waals surface area contributed by atoms with Crippen LogP contribution in [0.5, 0.6) is 0 Å². The lowest BCUT2D eigenvalue weighted by atomic mass is 9.81. The van der Waals surface area contributed by atoms with Crippen LogP contribution in [0.15, 0.2) is 18.2 Å². The molecule has 1 heterocycles. The largest absolute Gasteiger partial charge is 0.397 e. The smallest absolute Gasteiger partial charge is 0.237 e. The predicted octanol–water partition coefficient (Wildman–Crippen LogP) is 2.60. The van der Waals surface area contributed by atoms with Crippen LogP contribution in [-0.2, 0) is 9.59 Å². The first-order chi connectivity index (χ1) is 9.09. The highest BCUT2D eigenvalue weighted by Gasteiger charge is 2.49. The molecule has 1 aliphatic heterocycles. The van der Waals surface area contributed by atoms with E-state index in [1.807, 2.05) is 0 Å². The highest BCUT2D eigenvalue weighted by molar-refractivity contribution is 6.31. The molecule has 2 fully saturated rings. The first-order valence-corrected chi connectivity index (χ1v) is 6.90. The molecule has 1 saturated heterocycles. The zero-order chi connectivity index (χ0) is 13.6. The maximum absolute atomic E-state index is 12.4. The van der Waals surface area contributed by atoms with Crippen molar-refractivity contribution in [1.29, 1.82) is 0 Å². The minimum Gasteiger partial charge on any atom is -0.397 e. The third kappa shape index (κ3) is 1.91. The van der Waals surface area contributed by atoms with Gasteiger partial charge in [-0.15, -0.1) is 0 Å². The highest BCUT2D eigenvalue weighted by atomic mass is 35.5. The summed E-state index contributed by atoms with van der Waals surface area (Å²) in [5, 5.41) is 0.472. The van der Waals surface area contributed by atoms with Gasteiger partial charge in [-0.3, -0.25) is 9.59 Å². The Morgan fingerprint density at radius 3 is 2.26 bits per heavy atom. The molecule has 2 aliphatic rings. The number of carbonyl (C=O) groups is 2. The Morgan fingerprint density at radius 2 is 1.68 bits per heavy atom. The Balaban J connectivity index is 2.03. The average Bonchev–Trinajstić information content (AvgIpc) is 2.66. The molecular weight excluding hydrogens is 264 g/mol. The van der Waals surface area contributed by atoms with E-state index in [0.29, 0.717) is 16.4 Å². The first-order valence-electron chi connectivity index (χ1n) is 6.52. The molecule has 1 aromatic carbocycles. The molecule has 0 spiro atoms. The Hall–Kier alpha value is -1.55. The van der Waals surface area contributed by atoms with Gasteiger partial charge in [0, 0.05) is 5.02 Å². The lowest BCUT2D eigenvalue weighted by molar-refractivity contribution is -0.122. The fourth-order valence-electron chi connectivity index (χ4n) is 3.11. The molecule has 1 aliphatic carbocycles. The van der Waals surface area contributed by atoms with Gasteiger partial charge in [0.1, 0.15) is 0 Å². The number of hydrogen-bond acceptors (Lipinski definition) is 3. The van der Waals surface area contributed by atoms with Gasteiger partial charge in [-0.05, 0) is 31.0 Å². The molecule has 2 unspecified atom stereocenters. The van der Waals surface area contributed by atoms with Gasteiger partial charge in [-0.1, -0.05) is 24.4 Å². The number of hydrogen-bond donors (Lipinski definition) is 1. The van der Waals surface area contributed by atoms with Gasteiger partial charge in [0.15, 0.2) is 0 Å². The number of halogens is 1. The third-order valence-corrected chi connectivity index (χ3v) is 4.31. The lowest BCUT2D eigenvalue weighted by Crippen LogP contribution is -2.31. The Bertz CT molecular complexity index is 534. The summed E-state index contributed by atoms with van der Waals surface area (Å²) in [6, 6.07) is 4.86. The fourth-order valence-corrected chi connectivity index (χ4v) is 3.28. The van der Waals surface area contributed by atoms with Crippen molar-refractivity contribution in [1.82, 2.24) is 0 Å². The number of nitrogens with two attached hydrogens (primary N) is 1. The second-order valence-electron chi connectivity index (χ2n) is 5.21. The number of benzene rings is 1. The molecule has 2 atom stereocenters. The second-order valence-corrected chi connectivity index (χ2v) is 5.65. The molecule has 100 valence electrons. The van der Waals surface area contributed by atoms with Crippen LogP contribution >= 0.6 is 11.6 Å². The molecule has 2 N–H and O–H groups in total. The van der Waals surface area contributed by atoms with Crippen molar-refractivity contribution in [3.63, 3.8) is 0 Å². The van der Waals surface area contributed by atoms with E-state index in [0.717, 1.165) is 25.7 Å². The molecule has 1 aromatic rings. The second kappa shape index (κ2) is 4.53. The van der Waals surface area contributed by atoms with Gasteiger partial charge in [0.05, 0.1) is 23.2 Å². The molecule has 0 radical (unpaired) electrons. The minimum atomic E-state index is -0.167. The zero-order valence-corrected chi connectivity index (χ0v) is 11.2. The van der Waals surface area contributed by atoms with Crippen molar-refractivity contribution in [2.45, 2.75) is 25.7 Å². The van der Waals surface area contributed by atoms with E-state index < -0.39 is 0 Å². The van der Waals surface area contributed by atoms with Crippen LogP contribution in [-0.4, -0.2) is 11.8 Å². The van der Waals surface area contributed by atoms with E-state index in [-0.39, 0.29) is 23.7 Å². The van der Waals surface area contributed by atoms with Crippen LogP contribution in [0.4, 0.5) is 11.4 Å². The van der Waals surface area contributed by atoms with Gasteiger partial charge < -0.3 is 5.73 Å². The van der Waals surface area contributed by atoms with E-state index in [4.69, 9.17) is 17.3 Å². The van der Waals surface area contributed by atoms with Gasteiger partial charge in [0.2, 0.25) is 11.8 Å². The molecule has 2 amide bonds. The number of imide groups is 1. The summed E-state index contributed by atoms with van der Waals surface area (Å²) in [4.78, 5) is 26.1. The summed E-state index contributed by atoms with van der Waals surface area (Å²) in [5.74, 6) is -0.577.